The number of hydrogen-bond acceptors (Lipinski definition) is 12. The van der Waals surface area contributed by atoms with Gasteiger partial charge in [-0.15, -0.1) is 0 Å². The summed E-state index contributed by atoms with van der Waals surface area (Å²) >= 11 is 0. The summed E-state index contributed by atoms with van der Waals surface area (Å²) in [7, 11) is 0. The van der Waals surface area contributed by atoms with E-state index in [1.165, 1.54) is 151 Å². The third-order valence-corrected chi connectivity index (χ3v) is 35.2. The molecular weight excluding hydrogens is 1780 g/mol. The maximum Gasteiger partial charge on any atom is 0.160 e. The molecule has 6 aromatic carbocycles. The molecule has 18 heteroatoms. The molecule has 2 saturated carbocycles. The van der Waals surface area contributed by atoms with Crippen molar-refractivity contribution in [1.29, 1.82) is 0 Å². The summed E-state index contributed by atoms with van der Waals surface area (Å²) in [6.45, 7) is 32.2. The molecule has 14 aliphatic rings. The summed E-state index contributed by atoms with van der Waals surface area (Å²) in [6.07, 6.45) is 26.2. The lowest BCUT2D eigenvalue weighted by molar-refractivity contribution is -0.120. The van der Waals surface area contributed by atoms with E-state index < -0.39 is 0 Å². The molecule has 26 rings (SSSR count). The molecule has 14 aliphatic carbocycles. The molecule has 0 aliphatic heterocycles. The van der Waals surface area contributed by atoms with Crippen LogP contribution >= 0.6 is 0 Å². The Hall–Kier alpha value is -13.0. The summed E-state index contributed by atoms with van der Waals surface area (Å²) in [5.74, 6) is 2.36. The summed E-state index contributed by atoms with van der Waals surface area (Å²) in [6, 6.07) is 60.6. The van der Waals surface area contributed by atoms with Gasteiger partial charge in [0.15, 0.2) is 34.7 Å². The van der Waals surface area contributed by atoms with Crippen molar-refractivity contribution < 1.29 is 28.8 Å². The van der Waals surface area contributed by atoms with Gasteiger partial charge in [0, 0.05) is 214 Å². The van der Waals surface area contributed by atoms with Crippen LogP contribution in [-0.4, -0.2) is 95.9 Å². The first-order valence-corrected chi connectivity index (χ1v) is 53.2. The molecule has 0 radical (unpaired) electrons. The predicted molar refractivity (Wildman–Crippen MR) is 566 cm³/mol. The Bertz CT molecular complexity index is 6740. The van der Waals surface area contributed by atoms with Crippen LogP contribution in [-0.2, 0) is 67.3 Å². The Balaban J connectivity index is 0.000000102. The number of fused-ring (bicyclic) bond motifs is 6. The van der Waals surface area contributed by atoms with Crippen LogP contribution in [0, 0.1) is 81.0 Å². The molecule has 12 aromatic rings. The normalized spacial score (nSPS) is 23.1. The molecule has 6 N–H and O–H groups in total. The molecule has 2 spiro atoms. The number of carbonyl (C=O) groups is 6. The Morgan fingerprint density at radius 1 is 0.250 bits per heavy atom. The summed E-state index contributed by atoms with van der Waals surface area (Å²) < 4.78 is 0. The molecule has 6 heterocycles. The number of nitrogens with one attached hydrogen (secondary N) is 6. The van der Waals surface area contributed by atoms with Gasteiger partial charge in [0.2, 0.25) is 0 Å². The molecule has 2 fully saturated rings. The van der Waals surface area contributed by atoms with E-state index in [-0.39, 0.29) is 62.6 Å². The Morgan fingerprint density at radius 3 is 0.750 bits per heavy atom. The lowest BCUT2D eigenvalue weighted by atomic mass is 9.59. The van der Waals surface area contributed by atoms with E-state index in [9.17, 15) is 28.8 Å². The number of aryl methyl sites for hydroxylation is 7. The molecule has 18 nitrogen and oxygen atoms in total. The Labute approximate surface area is 847 Å². The SMILES string of the molecule is CCC1(CC)CC(=O)C2=C(Cc3n[nH]c(C)c3C2c2ccccc2)C1.Cc1[nH]nc2c1C(c1ccccc1)C1=C(C2)CC(C)(C)CC1=O.Cc1[nH]nc2c1C(c1ccccc1)C1=C(C2)CC2(CC2)CC1=O.Cc1[nH]nc2c1[C@@H](c1ccccc1)C1=C(C2)CC(C)(C)CC1=O.Cc1[nH]nc2c1[C@H](c1ccccc1)C1=C(C2)CC(C)(C)CC1=O.Cc1ccccc1C1C2=C(Cc3n[nH]c(C)c31)CC1(CCCCC1)CC2=O. The van der Waals surface area contributed by atoms with E-state index in [1.807, 2.05) is 30.3 Å². The number of H-pyrrole nitrogens is 6. The predicted octanol–water partition coefficient (Wildman–Crippen LogP) is 26.3. The van der Waals surface area contributed by atoms with E-state index in [1.54, 1.807) is 0 Å². The molecule has 740 valence electrons. The number of ketones is 6. The van der Waals surface area contributed by atoms with Gasteiger partial charge in [-0.05, 0) is 197 Å². The topological polar surface area (TPSA) is 274 Å². The molecule has 144 heavy (non-hydrogen) atoms. The van der Waals surface area contributed by atoms with Crippen LogP contribution in [0.15, 0.2) is 243 Å². The average Bonchev–Trinajstić information content (AvgIpc) is 1.51. The monoisotopic (exact) mass is 1920 g/mol. The van der Waals surface area contributed by atoms with Crippen molar-refractivity contribution in [1.82, 2.24) is 61.2 Å². The number of nitrogens with zero attached hydrogens (tertiary/aromatic N) is 6. The second-order valence-corrected chi connectivity index (χ2v) is 47.3. The maximum atomic E-state index is 13.6. The zero-order chi connectivity index (χ0) is 100. The van der Waals surface area contributed by atoms with Crippen LogP contribution in [0.4, 0.5) is 0 Å². The van der Waals surface area contributed by atoms with Crippen molar-refractivity contribution >= 4 is 34.7 Å². The van der Waals surface area contributed by atoms with Gasteiger partial charge in [0.1, 0.15) is 0 Å². The number of benzene rings is 6. The number of rotatable bonds is 8. The van der Waals surface area contributed by atoms with Gasteiger partial charge in [-0.1, -0.05) is 284 Å². The molecule has 0 amide bonds. The minimum absolute atomic E-state index is 0.0392. The second-order valence-electron chi connectivity index (χ2n) is 47.3. The van der Waals surface area contributed by atoms with Crippen molar-refractivity contribution in [3.05, 3.63) is 383 Å². The van der Waals surface area contributed by atoms with E-state index in [4.69, 9.17) is 0 Å². The fourth-order valence-corrected chi connectivity index (χ4v) is 28.4. The lowest BCUT2D eigenvalue weighted by Gasteiger charge is -2.44. The highest BCUT2D eigenvalue weighted by Crippen LogP contribution is 2.62. The largest absolute Gasteiger partial charge is 0.294 e. The molecule has 6 atom stereocenters. The number of Topliss-reactive ketones (excluding diaryl/α,β-unsaturated/α-hetero) is 6. The van der Waals surface area contributed by atoms with E-state index in [2.05, 4.69) is 311 Å². The van der Waals surface area contributed by atoms with Crippen molar-refractivity contribution in [3.8, 4) is 0 Å². The number of allylic oxidation sites excluding steroid dienone is 12. The van der Waals surface area contributed by atoms with Crippen LogP contribution in [0.3, 0.4) is 0 Å². The minimum Gasteiger partial charge on any atom is -0.294 e. The number of hydrogen-bond donors (Lipinski definition) is 6. The summed E-state index contributed by atoms with van der Waals surface area (Å²) in [5.41, 5.74) is 44.2. The van der Waals surface area contributed by atoms with E-state index in [0.29, 0.717) is 65.8 Å². The summed E-state index contributed by atoms with van der Waals surface area (Å²) in [5, 5.41) is 46.3. The van der Waals surface area contributed by atoms with Crippen molar-refractivity contribution in [3.63, 3.8) is 0 Å². The van der Waals surface area contributed by atoms with Gasteiger partial charge in [-0.2, -0.15) is 30.6 Å². The quantitative estimate of drug-likeness (QED) is 0.0829. The number of carbonyl (C=O) groups excluding carboxylic acids is 6. The number of aromatic nitrogens is 12. The molecule has 0 bridgehead atoms. The fourth-order valence-electron chi connectivity index (χ4n) is 28.4. The van der Waals surface area contributed by atoms with Crippen molar-refractivity contribution in [2.45, 2.75) is 313 Å². The lowest BCUT2D eigenvalue weighted by Crippen LogP contribution is -2.36. The first-order valence-electron chi connectivity index (χ1n) is 53.2. The van der Waals surface area contributed by atoms with Crippen LogP contribution in [0.2, 0.25) is 0 Å². The van der Waals surface area contributed by atoms with Crippen LogP contribution in [0.5, 0.6) is 0 Å². The highest BCUT2D eigenvalue weighted by atomic mass is 16.1. The van der Waals surface area contributed by atoms with Gasteiger partial charge < -0.3 is 0 Å². The smallest absolute Gasteiger partial charge is 0.160 e. The van der Waals surface area contributed by atoms with Crippen LogP contribution in [0.25, 0.3) is 0 Å². The molecular formula is C126H140N12O6. The third-order valence-electron chi connectivity index (χ3n) is 35.2. The van der Waals surface area contributed by atoms with Gasteiger partial charge in [0.25, 0.3) is 0 Å². The zero-order valence-electron chi connectivity index (χ0n) is 86.9. The second kappa shape index (κ2) is 38.2. The highest BCUT2D eigenvalue weighted by Gasteiger charge is 2.54. The maximum absolute atomic E-state index is 13.6. The van der Waals surface area contributed by atoms with E-state index >= 15 is 0 Å². The first kappa shape index (κ1) is 97.1. The zero-order valence-corrected chi connectivity index (χ0v) is 86.9. The first-order chi connectivity index (χ1) is 69.2. The van der Waals surface area contributed by atoms with E-state index in [0.717, 1.165) is 204 Å². The van der Waals surface area contributed by atoms with Crippen LogP contribution in [0.1, 0.15) is 366 Å². The minimum atomic E-state index is 0.0392. The number of aromatic amines is 6. The van der Waals surface area contributed by atoms with Gasteiger partial charge in [-0.25, -0.2) is 0 Å². The van der Waals surface area contributed by atoms with Crippen molar-refractivity contribution in [2.24, 2.45) is 32.5 Å². The Kier molecular flexibility index (Phi) is 25.8. The average molecular weight is 1920 g/mol. The fraction of sp³-hybridized carbons (Fsp3) is 0.429. The van der Waals surface area contributed by atoms with Gasteiger partial charge in [-0.3, -0.25) is 59.4 Å². The Morgan fingerprint density at radius 2 is 0.479 bits per heavy atom. The standard InChI is InChI=1S/C24H28N2O.C22H26N2O.C20H20N2O.3C20H22N2O/c1-15-8-4-5-9-18(15)23-21-16(2)25-26-19(21)12-17-13-24(10-6-3-7-11-24)14-20(27)22(17)23;1-4-22(5-2)12-16-11-17-19(14(3)23-24-17)21(20(16)18(25)13-22)15-9-7-6-8-10-15;1-12-17-15(22-21-12)9-14-10-20(7-8-20)11-16(23)18(14)19(17)13-5-3-2-4-6-13;3*1-12-17-15(22-21-12)9-14-10-20(2,3)11-16(23)18(14)19(17)13-7-5-4-6-8-13/h4-5,8-9,23H,3,6-7,10-14H2,1-2H3,(H,25,26);6-10,21H,4-5,11-13H2,1-3H3,(H,23,24);2-6,19H,7-11H2,1H3,(H,21,22);3*4-8,19H,9-11H2,1-3H3,(H,21,22)/t;;;2*19-;/m...10./s1. The molecule has 4 unspecified atom stereocenters. The third kappa shape index (κ3) is 18.2. The molecule has 0 saturated heterocycles. The molecule has 6 aromatic heterocycles. The highest BCUT2D eigenvalue weighted by molar-refractivity contribution is 6.05. The van der Waals surface area contributed by atoms with Crippen molar-refractivity contribution in [2.75, 3.05) is 0 Å². The summed E-state index contributed by atoms with van der Waals surface area (Å²) in [4.78, 5) is 78.8. The van der Waals surface area contributed by atoms with Crippen LogP contribution < -0.4 is 0 Å². The van der Waals surface area contributed by atoms with Gasteiger partial charge >= 0.3 is 0 Å². The van der Waals surface area contributed by atoms with Gasteiger partial charge in [0.05, 0.1) is 34.2 Å².